The normalized spacial score (nSPS) is 29.8. The minimum absolute atomic E-state index is 0.0408. The summed E-state index contributed by atoms with van der Waals surface area (Å²) in [4.78, 5) is 22.4. The van der Waals surface area contributed by atoms with Gasteiger partial charge in [-0.2, -0.15) is 0 Å². The average molecular weight is 227 g/mol. The Hall–Kier alpha value is -1.10. The van der Waals surface area contributed by atoms with Gasteiger partial charge in [0.25, 0.3) is 0 Å². The van der Waals surface area contributed by atoms with Crippen LogP contribution in [0.1, 0.15) is 32.6 Å². The molecule has 0 saturated heterocycles. The maximum absolute atomic E-state index is 11.9. The van der Waals surface area contributed by atoms with Gasteiger partial charge in [-0.05, 0) is 18.8 Å². The fourth-order valence-corrected chi connectivity index (χ4v) is 2.34. The van der Waals surface area contributed by atoms with Crippen molar-refractivity contribution < 1.29 is 9.59 Å². The highest BCUT2D eigenvalue weighted by atomic mass is 16.2. The molecule has 1 saturated carbocycles. The van der Waals surface area contributed by atoms with E-state index in [2.05, 4.69) is 12.2 Å². The summed E-state index contributed by atoms with van der Waals surface area (Å²) in [6.07, 6.45) is 3.22. The fraction of sp³-hybridized carbons (Fsp3) is 0.818. The monoisotopic (exact) mass is 227 g/mol. The molecule has 0 bridgehead atoms. The van der Waals surface area contributed by atoms with Crippen LogP contribution in [0.25, 0.3) is 0 Å². The fourth-order valence-electron chi connectivity index (χ4n) is 2.34. The lowest BCUT2D eigenvalue weighted by atomic mass is 9.76. The largest absolute Gasteiger partial charge is 0.370 e. The van der Waals surface area contributed by atoms with Gasteiger partial charge in [-0.1, -0.05) is 13.3 Å². The number of hydrogen-bond donors (Lipinski definition) is 3. The minimum Gasteiger partial charge on any atom is -0.370 e. The van der Waals surface area contributed by atoms with Gasteiger partial charge in [0.15, 0.2) is 0 Å². The zero-order valence-electron chi connectivity index (χ0n) is 9.74. The summed E-state index contributed by atoms with van der Waals surface area (Å²) in [7, 11) is 0. The van der Waals surface area contributed by atoms with Gasteiger partial charge in [-0.15, -0.1) is 0 Å². The predicted octanol–water partition coefficient (Wildman–Crippen LogP) is -0.258. The van der Waals surface area contributed by atoms with Crippen molar-refractivity contribution >= 4 is 11.8 Å². The van der Waals surface area contributed by atoms with Crippen LogP contribution in [0.5, 0.6) is 0 Å². The molecule has 92 valence electrons. The van der Waals surface area contributed by atoms with Crippen LogP contribution in [0.2, 0.25) is 0 Å². The number of carbonyl (C=O) groups is 2. The van der Waals surface area contributed by atoms with Gasteiger partial charge in [-0.25, -0.2) is 0 Å². The van der Waals surface area contributed by atoms with Crippen molar-refractivity contribution in [1.82, 2.24) is 5.32 Å². The highest BCUT2D eigenvalue weighted by Gasteiger charge is 2.33. The highest BCUT2D eigenvalue weighted by molar-refractivity contribution is 5.80. The van der Waals surface area contributed by atoms with Crippen molar-refractivity contribution in [2.24, 2.45) is 23.3 Å². The van der Waals surface area contributed by atoms with Crippen molar-refractivity contribution in [3.05, 3.63) is 0 Å². The number of carbonyl (C=O) groups excluding carboxylic acids is 2. The second-order valence-electron chi connectivity index (χ2n) is 4.61. The van der Waals surface area contributed by atoms with Gasteiger partial charge in [0.1, 0.15) is 0 Å². The van der Waals surface area contributed by atoms with Gasteiger partial charge in [0, 0.05) is 19.0 Å². The van der Waals surface area contributed by atoms with Crippen LogP contribution >= 0.6 is 0 Å². The van der Waals surface area contributed by atoms with Crippen molar-refractivity contribution in [1.29, 1.82) is 0 Å². The SMILES string of the molecule is CC1CCCC(N)C1C(=O)NCCC(N)=O. The summed E-state index contributed by atoms with van der Waals surface area (Å²) in [5, 5.41) is 2.72. The molecule has 0 aliphatic heterocycles. The Kier molecular flexibility index (Phi) is 4.73. The molecule has 5 heteroatoms. The van der Waals surface area contributed by atoms with Crippen molar-refractivity contribution in [2.45, 2.75) is 38.6 Å². The first-order valence-corrected chi connectivity index (χ1v) is 5.84. The summed E-state index contributed by atoms with van der Waals surface area (Å²) in [6, 6.07) is -0.0580. The molecule has 1 rings (SSSR count). The first kappa shape index (κ1) is 13.0. The van der Waals surface area contributed by atoms with Crippen molar-refractivity contribution in [3.63, 3.8) is 0 Å². The quantitative estimate of drug-likeness (QED) is 0.617. The maximum Gasteiger partial charge on any atom is 0.224 e. The Morgan fingerprint density at radius 1 is 1.38 bits per heavy atom. The van der Waals surface area contributed by atoms with E-state index in [0.717, 1.165) is 19.3 Å². The van der Waals surface area contributed by atoms with Crippen LogP contribution in [-0.2, 0) is 9.59 Å². The van der Waals surface area contributed by atoms with Crippen LogP contribution < -0.4 is 16.8 Å². The van der Waals surface area contributed by atoms with Crippen LogP contribution in [0, 0.1) is 11.8 Å². The Balaban J connectivity index is 2.41. The molecule has 0 aromatic heterocycles. The number of amides is 2. The van der Waals surface area contributed by atoms with E-state index in [1.165, 1.54) is 0 Å². The van der Waals surface area contributed by atoms with E-state index >= 15 is 0 Å². The van der Waals surface area contributed by atoms with Crippen LogP contribution in [0.4, 0.5) is 0 Å². The molecule has 5 nitrogen and oxygen atoms in total. The molecular weight excluding hydrogens is 206 g/mol. The zero-order chi connectivity index (χ0) is 12.1. The van der Waals surface area contributed by atoms with E-state index in [-0.39, 0.29) is 24.3 Å². The second kappa shape index (κ2) is 5.84. The van der Waals surface area contributed by atoms with Crippen molar-refractivity contribution in [3.8, 4) is 0 Å². The van der Waals surface area contributed by atoms with E-state index in [0.29, 0.717) is 12.5 Å². The lowest BCUT2D eigenvalue weighted by Gasteiger charge is -2.33. The summed E-state index contributed by atoms with van der Waals surface area (Å²) in [5.41, 5.74) is 10.9. The van der Waals surface area contributed by atoms with Crippen LogP contribution in [0.3, 0.4) is 0 Å². The number of hydrogen-bond acceptors (Lipinski definition) is 3. The summed E-state index contributed by atoms with van der Waals surface area (Å²) in [6.45, 7) is 2.36. The Morgan fingerprint density at radius 2 is 2.06 bits per heavy atom. The van der Waals surface area contributed by atoms with E-state index < -0.39 is 5.91 Å². The van der Waals surface area contributed by atoms with Gasteiger partial charge < -0.3 is 16.8 Å². The van der Waals surface area contributed by atoms with Gasteiger partial charge >= 0.3 is 0 Å². The molecule has 16 heavy (non-hydrogen) atoms. The summed E-state index contributed by atoms with van der Waals surface area (Å²) < 4.78 is 0. The zero-order valence-corrected chi connectivity index (χ0v) is 9.74. The number of nitrogens with one attached hydrogen (secondary N) is 1. The third kappa shape index (κ3) is 3.48. The topological polar surface area (TPSA) is 98.2 Å². The van der Waals surface area contributed by atoms with Gasteiger partial charge in [-0.3, -0.25) is 9.59 Å². The minimum atomic E-state index is -0.402. The lowest BCUT2D eigenvalue weighted by molar-refractivity contribution is -0.128. The van der Waals surface area contributed by atoms with Crippen molar-refractivity contribution in [2.75, 3.05) is 6.54 Å². The van der Waals surface area contributed by atoms with Gasteiger partial charge in [0.05, 0.1) is 5.92 Å². The molecular formula is C11H21N3O2. The molecule has 3 atom stereocenters. The second-order valence-corrected chi connectivity index (χ2v) is 4.61. The Morgan fingerprint density at radius 3 is 2.62 bits per heavy atom. The maximum atomic E-state index is 11.9. The van der Waals surface area contributed by atoms with Crippen LogP contribution in [-0.4, -0.2) is 24.4 Å². The number of primary amides is 1. The Labute approximate surface area is 95.9 Å². The smallest absolute Gasteiger partial charge is 0.224 e. The molecule has 0 radical (unpaired) electrons. The summed E-state index contributed by atoms with van der Waals surface area (Å²) >= 11 is 0. The molecule has 5 N–H and O–H groups in total. The number of nitrogens with two attached hydrogens (primary N) is 2. The molecule has 3 unspecified atom stereocenters. The first-order valence-electron chi connectivity index (χ1n) is 5.84. The standard InChI is InChI=1S/C11H21N3O2/c1-7-3-2-4-8(12)10(7)11(16)14-6-5-9(13)15/h7-8,10H,2-6,12H2,1H3,(H2,13,15)(H,14,16). The molecule has 2 amide bonds. The Bertz CT molecular complexity index is 258. The van der Waals surface area contributed by atoms with Gasteiger partial charge in [0.2, 0.25) is 11.8 Å². The van der Waals surface area contributed by atoms with E-state index in [9.17, 15) is 9.59 Å². The van der Waals surface area contributed by atoms with Crippen LogP contribution in [0.15, 0.2) is 0 Å². The average Bonchev–Trinajstić information content (AvgIpc) is 2.16. The third-order valence-corrected chi connectivity index (χ3v) is 3.24. The molecule has 1 aliphatic carbocycles. The molecule has 0 heterocycles. The van der Waals surface area contributed by atoms with E-state index in [4.69, 9.17) is 11.5 Å². The summed E-state index contributed by atoms with van der Waals surface area (Å²) in [5.74, 6) is -0.249. The third-order valence-electron chi connectivity index (χ3n) is 3.24. The highest BCUT2D eigenvalue weighted by Crippen LogP contribution is 2.28. The molecule has 0 aromatic rings. The molecule has 0 aromatic carbocycles. The van der Waals surface area contributed by atoms with E-state index in [1.807, 2.05) is 0 Å². The predicted molar refractivity (Wildman–Crippen MR) is 61.3 cm³/mol. The first-order chi connectivity index (χ1) is 7.52. The lowest BCUT2D eigenvalue weighted by Crippen LogP contribution is -2.47. The number of rotatable bonds is 4. The molecule has 1 aliphatic rings. The van der Waals surface area contributed by atoms with E-state index in [1.54, 1.807) is 0 Å². The molecule has 1 fully saturated rings. The molecule has 0 spiro atoms.